The monoisotopic (exact) mass is 576 g/mol. The van der Waals surface area contributed by atoms with Crippen molar-refractivity contribution in [2.45, 2.75) is 38.6 Å². The number of carboxylic acid groups (broad SMARTS) is 1. The van der Waals surface area contributed by atoms with Crippen LogP contribution in [0.25, 0.3) is 0 Å². The number of hydrogen-bond acceptors (Lipinski definition) is 7. The van der Waals surface area contributed by atoms with Crippen LogP contribution in [-0.4, -0.2) is 46.9 Å². The Morgan fingerprint density at radius 1 is 0.929 bits per heavy atom. The highest BCUT2D eigenvalue weighted by Gasteiger charge is 2.20. The molecule has 0 saturated carbocycles. The predicted octanol–water partition coefficient (Wildman–Crippen LogP) is 3.12. The minimum atomic E-state index is -1.15. The summed E-state index contributed by atoms with van der Waals surface area (Å²) in [4.78, 5) is 63.6. The maximum absolute atomic E-state index is 12.7. The Morgan fingerprint density at radius 2 is 1.67 bits per heavy atom. The molecule has 13 nitrogen and oxygen atoms in total. The zero-order chi connectivity index (χ0) is 30.6. The van der Waals surface area contributed by atoms with E-state index in [2.05, 4.69) is 26.3 Å². The molecule has 1 atom stereocenters. The van der Waals surface area contributed by atoms with Crippen molar-refractivity contribution >= 4 is 46.8 Å². The molecule has 0 fully saturated rings. The van der Waals surface area contributed by atoms with Crippen LogP contribution >= 0.6 is 0 Å². The summed E-state index contributed by atoms with van der Waals surface area (Å²) in [5.74, 6) is -2.33. The lowest BCUT2D eigenvalue weighted by Crippen LogP contribution is -2.31. The summed E-state index contributed by atoms with van der Waals surface area (Å²) in [6, 6.07) is 14.0. The third-order valence-electron chi connectivity index (χ3n) is 6.01. The fraction of sp³-hybridized carbons (Fsp3) is 0.241. The van der Waals surface area contributed by atoms with E-state index in [-0.39, 0.29) is 30.9 Å². The third-order valence-corrected chi connectivity index (χ3v) is 6.01. The van der Waals surface area contributed by atoms with Gasteiger partial charge in [-0.25, -0.2) is 4.79 Å². The summed E-state index contributed by atoms with van der Waals surface area (Å²) in [6.45, 7) is 1.88. The quantitative estimate of drug-likeness (QED) is 0.178. The molecule has 3 rings (SSSR count). The van der Waals surface area contributed by atoms with Crippen molar-refractivity contribution in [1.29, 1.82) is 0 Å². The van der Waals surface area contributed by atoms with Crippen LogP contribution in [0.3, 0.4) is 0 Å². The number of pyridine rings is 1. The van der Waals surface area contributed by atoms with E-state index in [1.54, 1.807) is 24.3 Å². The van der Waals surface area contributed by atoms with Crippen molar-refractivity contribution in [3.8, 4) is 5.75 Å². The number of nitrogens with two attached hydrogens (primary N) is 1. The van der Waals surface area contributed by atoms with Crippen LogP contribution in [0, 0.1) is 6.92 Å². The number of methoxy groups -OCH3 is 1. The molecule has 0 aliphatic carbocycles. The summed E-state index contributed by atoms with van der Waals surface area (Å²) in [5.41, 5.74) is 8.30. The Kier molecular flexibility index (Phi) is 10.9. The summed E-state index contributed by atoms with van der Waals surface area (Å²) in [7, 11) is 1.45. The summed E-state index contributed by atoms with van der Waals surface area (Å²) in [6.07, 6.45) is 0.561. The topological polar surface area (TPSA) is 202 Å². The number of carbonyl (C=O) groups is 5. The fourth-order valence-corrected chi connectivity index (χ4v) is 3.92. The Bertz CT molecular complexity index is 1460. The van der Waals surface area contributed by atoms with E-state index >= 15 is 0 Å². The Hall–Kier alpha value is -5.46. The molecule has 0 spiro atoms. The second kappa shape index (κ2) is 14.8. The number of carbonyl (C=O) groups excluding carboxylic acids is 4. The average molecular weight is 577 g/mol. The number of ether oxygens (including phenoxy) is 1. The van der Waals surface area contributed by atoms with Crippen LogP contribution in [0.4, 0.5) is 21.9 Å². The van der Waals surface area contributed by atoms with Gasteiger partial charge < -0.3 is 36.8 Å². The summed E-state index contributed by atoms with van der Waals surface area (Å²) < 4.78 is 5.40. The molecule has 0 radical (unpaired) electrons. The smallest absolute Gasteiger partial charge is 0.323 e. The lowest BCUT2D eigenvalue weighted by atomic mass is 10.1. The van der Waals surface area contributed by atoms with Crippen LogP contribution in [0.5, 0.6) is 5.75 Å². The molecule has 0 aliphatic heterocycles. The highest BCUT2D eigenvalue weighted by Crippen LogP contribution is 2.27. The van der Waals surface area contributed by atoms with Gasteiger partial charge in [-0.05, 0) is 48.4 Å². The normalized spacial score (nSPS) is 11.1. The molecule has 1 heterocycles. The number of nitrogens with zero attached hydrogens (tertiary/aromatic N) is 1. The van der Waals surface area contributed by atoms with Gasteiger partial charge in [0, 0.05) is 18.5 Å². The Labute approximate surface area is 241 Å². The SMILES string of the molecule is COc1cc(CC(=O)Nc2ccc(C(CC(=O)O)NC(=O)CCC(N)=O)nc2)ccc1NC(=O)Nc1ccccc1C. The van der Waals surface area contributed by atoms with Crippen molar-refractivity contribution in [3.05, 3.63) is 77.6 Å². The van der Waals surface area contributed by atoms with E-state index in [1.807, 2.05) is 25.1 Å². The van der Waals surface area contributed by atoms with E-state index in [1.165, 1.54) is 25.4 Å². The summed E-state index contributed by atoms with van der Waals surface area (Å²) in [5, 5.41) is 20.0. The Balaban J connectivity index is 1.60. The third kappa shape index (κ3) is 9.62. The van der Waals surface area contributed by atoms with Crippen LogP contribution in [-0.2, 0) is 25.6 Å². The van der Waals surface area contributed by atoms with Crippen molar-refractivity contribution in [2.75, 3.05) is 23.1 Å². The number of carboxylic acids is 1. The van der Waals surface area contributed by atoms with Gasteiger partial charge in [0.15, 0.2) is 0 Å². The van der Waals surface area contributed by atoms with Gasteiger partial charge in [-0.15, -0.1) is 0 Å². The van der Waals surface area contributed by atoms with E-state index < -0.39 is 36.3 Å². The Morgan fingerprint density at radius 3 is 2.31 bits per heavy atom. The molecule has 1 aromatic heterocycles. The van der Waals surface area contributed by atoms with Crippen molar-refractivity contribution < 1.29 is 33.8 Å². The van der Waals surface area contributed by atoms with Crippen molar-refractivity contribution in [2.24, 2.45) is 5.73 Å². The molecule has 5 amide bonds. The zero-order valence-electron chi connectivity index (χ0n) is 23.1. The molecule has 1 unspecified atom stereocenters. The van der Waals surface area contributed by atoms with Gasteiger partial charge in [0.05, 0.1) is 49.3 Å². The van der Waals surface area contributed by atoms with E-state index in [4.69, 9.17) is 10.5 Å². The number of aryl methyl sites for hydroxylation is 1. The maximum atomic E-state index is 12.7. The second-order valence-electron chi connectivity index (χ2n) is 9.31. The number of benzene rings is 2. The largest absolute Gasteiger partial charge is 0.495 e. The first-order valence-corrected chi connectivity index (χ1v) is 12.9. The minimum absolute atomic E-state index is 0.00857. The number of nitrogens with one attached hydrogen (secondary N) is 4. The van der Waals surface area contributed by atoms with Gasteiger partial charge in [0.2, 0.25) is 17.7 Å². The number of amides is 5. The molecular weight excluding hydrogens is 544 g/mol. The van der Waals surface area contributed by atoms with Gasteiger partial charge in [0.25, 0.3) is 0 Å². The first-order valence-electron chi connectivity index (χ1n) is 12.9. The molecule has 220 valence electrons. The number of para-hydroxylation sites is 1. The lowest BCUT2D eigenvalue weighted by Gasteiger charge is -2.17. The average Bonchev–Trinajstić information content (AvgIpc) is 2.93. The molecule has 0 aliphatic rings. The van der Waals surface area contributed by atoms with Gasteiger partial charge in [0.1, 0.15) is 5.75 Å². The minimum Gasteiger partial charge on any atom is -0.495 e. The number of primary amides is 1. The fourth-order valence-electron chi connectivity index (χ4n) is 3.92. The molecular formula is C29H32N6O7. The number of aromatic nitrogens is 1. The van der Waals surface area contributed by atoms with Crippen LogP contribution < -0.4 is 31.7 Å². The van der Waals surface area contributed by atoms with Gasteiger partial charge >= 0.3 is 12.0 Å². The first-order chi connectivity index (χ1) is 20.0. The molecule has 3 aromatic rings. The van der Waals surface area contributed by atoms with Crippen LogP contribution in [0.2, 0.25) is 0 Å². The predicted molar refractivity (Wildman–Crippen MR) is 155 cm³/mol. The van der Waals surface area contributed by atoms with Crippen LogP contribution in [0.1, 0.15) is 42.1 Å². The lowest BCUT2D eigenvalue weighted by molar-refractivity contribution is -0.138. The number of aliphatic carboxylic acids is 1. The molecule has 7 N–H and O–H groups in total. The molecule has 0 saturated heterocycles. The highest BCUT2D eigenvalue weighted by molar-refractivity contribution is 6.01. The standard InChI is InChI=1S/C29H32N6O7/c1-17-5-3-4-6-20(17)34-29(41)35-22-9-7-18(13-24(22)42-2)14-27(38)32-19-8-10-21(31-16-19)23(15-28(39)40)33-26(37)12-11-25(30)36/h3-10,13,16,23H,11-12,14-15H2,1-2H3,(H2,30,36)(H,32,38)(H,33,37)(H,39,40)(H2,34,35,41). The number of rotatable bonds is 13. The number of urea groups is 1. The molecule has 13 heteroatoms. The molecule has 42 heavy (non-hydrogen) atoms. The number of anilines is 3. The van der Waals surface area contributed by atoms with Crippen LogP contribution in [0.15, 0.2) is 60.8 Å². The maximum Gasteiger partial charge on any atom is 0.323 e. The highest BCUT2D eigenvalue weighted by atomic mass is 16.5. The van der Waals surface area contributed by atoms with Gasteiger partial charge in [-0.3, -0.25) is 24.2 Å². The molecule has 2 aromatic carbocycles. The first kappa shape index (κ1) is 31.1. The van der Waals surface area contributed by atoms with E-state index in [9.17, 15) is 29.1 Å². The van der Waals surface area contributed by atoms with Crippen molar-refractivity contribution in [1.82, 2.24) is 10.3 Å². The molecule has 0 bridgehead atoms. The second-order valence-corrected chi connectivity index (χ2v) is 9.31. The van der Waals surface area contributed by atoms with E-state index in [0.717, 1.165) is 5.56 Å². The summed E-state index contributed by atoms with van der Waals surface area (Å²) >= 11 is 0. The van der Waals surface area contributed by atoms with E-state index in [0.29, 0.717) is 28.4 Å². The van der Waals surface area contributed by atoms with Gasteiger partial charge in [-0.1, -0.05) is 24.3 Å². The zero-order valence-corrected chi connectivity index (χ0v) is 23.1. The van der Waals surface area contributed by atoms with Crippen molar-refractivity contribution in [3.63, 3.8) is 0 Å². The van der Waals surface area contributed by atoms with Gasteiger partial charge in [-0.2, -0.15) is 0 Å². The number of hydrogen-bond donors (Lipinski definition) is 6.